The van der Waals surface area contributed by atoms with Gasteiger partial charge in [0.2, 0.25) is 6.43 Å². The van der Waals surface area contributed by atoms with E-state index in [4.69, 9.17) is 4.84 Å². The van der Waals surface area contributed by atoms with Crippen LogP contribution >= 0.6 is 0 Å². The van der Waals surface area contributed by atoms with Crippen molar-refractivity contribution in [3.05, 3.63) is 11.6 Å². The summed E-state index contributed by atoms with van der Waals surface area (Å²) in [5.41, 5.74) is -0.0582. The molecule has 0 aromatic carbocycles. The predicted molar refractivity (Wildman–Crippen MR) is 118 cm³/mol. The van der Waals surface area contributed by atoms with Gasteiger partial charge in [0, 0.05) is 17.8 Å². The summed E-state index contributed by atoms with van der Waals surface area (Å²) in [6.45, 7) is 6.35. The molecule has 4 aliphatic carbocycles. The third kappa shape index (κ3) is 3.45. The fourth-order valence-electron chi connectivity index (χ4n) is 8.13. The number of halogens is 2. The molecule has 0 aromatic rings. The molecule has 32 heavy (non-hydrogen) atoms. The maximum absolute atomic E-state index is 12.9. The van der Waals surface area contributed by atoms with Crippen LogP contribution in [0.4, 0.5) is 8.78 Å². The summed E-state index contributed by atoms with van der Waals surface area (Å²) in [6, 6.07) is 0. The van der Waals surface area contributed by atoms with Gasteiger partial charge in [0.1, 0.15) is 7.11 Å². The second kappa shape index (κ2) is 8.31. The van der Waals surface area contributed by atoms with Gasteiger partial charge in [-0.15, -0.1) is 0 Å². The van der Waals surface area contributed by atoms with Gasteiger partial charge in [-0.25, -0.2) is 8.78 Å². The van der Waals surface area contributed by atoms with Crippen LogP contribution in [0.3, 0.4) is 0 Å². The van der Waals surface area contributed by atoms with E-state index in [-0.39, 0.29) is 40.9 Å². The number of hydrogen-bond donors (Lipinski definition) is 3. The number of rotatable bonds is 5. The summed E-state index contributed by atoms with van der Waals surface area (Å²) in [4.78, 5) is 5.15. The molecule has 7 heteroatoms. The Bertz CT molecular complexity index is 788. The zero-order valence-electron chi connectivity index (χ0n) is 19.7. The summed E-state index contributed by atoms with van der Waals surface area (Å²) in [5.74, 6) is 0.328. The molecular weight excluding hydrogens is 416 g/mol. The van der Waals surface area contributed by atoms with E-state index in [2.05, 4.69) is 25.9 Å². The third-order valence-electron chi connectivity index (χ3n) is 9.93. The summed E-state index contributed by atoms with van der Waals surface area (Å²) in [7, 11) is 1.50. The molecule has 0 saturated heterocycles. The number of nitrogens with zero attached hydrogens (tertiary/aromatic N) is 1. The van der Waals surface area contributed by atoms with Crippen LogP contribution in [0, 0.1) is 34.5 Å². The SMILES string of the molecule is CO/N=C1\C=C2C(CC[C@]3(C)[C@@H](C(C)CCC(F)F)CC[C@@]23O)[C@@]2(C)C[C@H](O)[C@H](O)C[C@@H]12. The minimum absolute atomic E-state index is 0.0512. The molecule has 182 valence electrons. The Labute approximate surface area is 189 Å². The number of alkyl halides is 2. The Balaban J connectivity index is 1.72. The zero-order valence-corrected chi connectivity index (χ0v) is 19.7. The summed E-state index contributed by atoms with van der Waals surface area (Å²) < 4.78 is 25.7. The van der Waals surface area contributed by atoms with Crippen LogP contribution < -0.4 is 0 Å². The normalized spacial score (nSPS) is 48.1. The monoisotopic (exact) mass is 455 g/mol. The zero-order chi connectivity index (χ0) is 23.5. The Hall–Kier alpha value is -1.05. The van der Waals surface area contributed by atoms with Crippen molar-refractivity contribution in [3.63, 3.8) is 0 Å². The van der Waals surface area contributed by atoms with Crippen LogP contribution in [0.1, 0.15) is 72.1 Å². The fraction of sp³-hybridized carbons (Fsp3) is 0.880. The first kappa shape index (κ1) is 24.1. The predicted octanol–water partition coefficient (Wildman–Crippen LogP) is 4.31. The topological polar surface area (TPSA) is 82.3 Å². The van der Waals surface area contributed by atoms with Crippen LogP contribution in [0.5, 0.6) is 0 Å². The van der Waals surface area contributed by atoms with Crippen molar-refractivity contribution in [1.29, 1.82) is 0 Å². The van der Waals surface area contributed by atoms with Gasteiger partial charge in [-0.2, -0.15) is 0 Å². The van der Waals surface area contributed by atoms with Gasteiger partial charge in [-0.05, 0) is 79.8 Å². The summed E-state index contributed by atoms with van der Waals surface area (Å²) in [6.07, 6.45) is 2.48. The Morgan fingerprint density at radius 2 is 1.84 bits per heavy atom. The first-order chi connectivity index (χ1) is 15.0. The Kier molecular flexibility index (Phi) is 6.26. The average molecular weight is 456 g/mol. The second-order valence-corrected chi connectivity index (χ2v) is 11.4. The second-order valence-electron chi connectivity index (χ2n) is 11.4. The lowest BCUT2D eigenvalue weighted by atomic mass is 9.45. The lowest BCUT2D eigenvalue weighted by molar-refractivity contribution is -0.123. The molecule has 0 spiro atoms. The highest BCUT2D eigenvalue weighted by Crippen LogP contribution is 2.68. The standard InChI is InChI=1S/C25H39F2NO4/c1-14(5-6-22(26)27)15-8-10-25(31)17-11-19(28-32-4)18-12-20(29)21(30)13-23(18,2)16(17)7-9-24(15,25)3/h11,14-16,18,20-22,29-31H,5-10,12-13H2,1-4H3/b28-19+/t14?,15-,16?,18+,20-,21+,23-,24-,25-/m1/s1. The maximum Gasteiger partial charge on any atom is 0.238 e. The molecule has 3 fully saturated rings. The molecule has 0 aromatic heterocycles. The van der Waals surface area contributed by atoms with Crippen molar-refractivity contribution in [2.24, 2.45) is 39.7 Å². The highest BCUT2D eigenvalue weighted by molar-refractivity contribution is 5.99. The van der Waals surface area contributed by atoms with Crippen LogP contribution in [-0.4, -0.2) is 52.4 Å². The number of fused-ring (bicyclic) bond motifs is 5. The van der Waals surface area contributed by atoms with Crippen molar-refractivity contribution >= 4 is 5.71 Å². The highest BCUT2D eigenvalue weighted by atomic mass is 19.3. The summed E-state index contributed by atoms with van der Waals surface area (Å²) in [5, 5.41) is 37.5. The molecule has 0 radical (unpaired) electrons. The van der Waals surface area contributed by atoms with Crippen LogP contribution in [0.25, 0.3) is 0 Å². The van der Waals surface area contributed by atoms with Gasteiger partial charge >= 0.3 is 0 Å². The first-order valence-corrected chi connectivity index (χ1v) is 12.2. The molecule has 9 atom stereocenters. The van der Waals surface area contributed by atoms with Crippen LogP contribution in [-0.2, 0) is 4.84 Å². The van der Waals surface area contributed by atoms with Gasteiger partial charge in [0.05, 0.1) is 23.5 Å². The van der Waals surface area contributed by atoms with E-state index in [9.17, 15) is 24.1 Å². The molecule has 4 aliphatic rings. The lowest BCUT2D eigenvalue weighted by Crippen LogP contribution is -2.60. The van der Waals surface area contributed by atoms with E-state index in [0.717, 1.165) is 30.5 Å². The average Bonchev–Trinajstić information content (AvgIpc) is 3.00. The molecule has 0 amide bonds. The minimum atomic E-state index is -2.29. The number of hydrogen-bond acceptors (Lipinski definition) is 5. The molecule has 2 unspecified atom stereocenters. The molecular formula is C25H39F2NO4. The Morgan fingerprint density at radius 3 is 2.50 bits per heavy atom. The molecule has 4 rings (SSSR count). The first-order valence-electron chi connectivity index (χ1n) is 12.2. The van der Waals surface area contributed by atoms with Crippen molar-refractivity contribution in [3.8, 4) is 0 Å². The number of aliphatic hydroxyl groups excluding tert-OH is 2. The van der Waals surface area contributed by atoms with Gasteiger partial charge in [-0.3, -0.25) is 0 Å². The van der Waals surface area contributed by atoms with Crippen molar-refractivity contribution in [2.45, 2.75) is 96.4 Å². The highest BCUT2D eigenvalue weighted by Gasteiger charge is 2.66. The lowest BCUT2D eigenvalue weighted by Gasteiger charge is -2.60. The van der Waals surface area contributed by atoms with E-state index in [0.29, 0.717) is 25.7 Å². The van der Waals surface area contributed by atoms with Gasteiger partial charge in [0.25, 0.3) is 0 Å². The van der Waals surface area contributed by atoms with E-state index in [1.165, 1.54) is 7.11 Å². The van der Waals surface area contributed by atoms with E-state index < -0.39 is 24.2 Å². The van der Waals surface area contributed by atoms with Crippen LogP contribution in [0.2, 0.25) is 0 Å². The third-order valence-corrected chi connectivity index (χ3v) is 9.93. The van der Waals surface area contributed by atoms with Crippen molar-refractivity contribution in [1.82, 2.24) is 0 Å². The fourth-order valence-corrected chi connectivity index (χ4v) is 8.13. The van der Waals surface area contributed by atoms with E-state index >= 15 is 0 Å². The Morgan fingerprint density at radius 1 is 1.12 bits per heavy atom. The summed E-state index contributed by atoms with van der Waals surface area (Å²) >= 11 is 0. The minimum Gasteiger partial charge on any atom is -0.399 e. The van der Waals surface area contributed by atoms with Crippen molar-refractivity contribution in [2.75, 3.05) is 7.11 Å². The molecule has 0 aliphatic heterocycles. The molecule has 3 N–H and O–H groups in total. The maximum atomic E-state index is 12.9. The number of oxime groups is 1. The van der Waals surface area contributed by atoms with Gasteiger partial charge in [-0.1, -0.05) is 25.9 Å². The largest absolute Gasteiger partial charge is 0.399 e. The quantitative estimate of drug-likeness (QED) is 0.540. The van der Waals surface area contributed by atoms with Crippen molar-refractivity contribution < 1.29 is 28.9 Å². The van der Waals surface area contributed by atoms with Gasteiger partial charge in [0.15, 0.2) is 0 Å². The van der Waals surface area contributed by atoms with E-state index in [1.54, 1.807) is 0 Å². The molecule has 0 bridgehead atoms. The number of aliphatic hydroxyl groups is 3. The van der Waals surface area contributed by atoms with Crippen LogP contribution in [0.15, 0.2) is 16.8 Å². The number of allylic oxidation sites excluding steroid dienone is 1. The van der Waals surface area contributed by atoms with Gasteiger partial charge < -0.3 is 20.2 Å². The molecule has 5 nitrogen and oxygen atoms in total. The van der Waals surface area contributed by atoms with E-state index in [1.807, 2.05) is 6.08 Å². The smallest absolute Gasteiger partial charge is 0.238 e. The molecule has 0 heterocycles. The molecule has 3 saturated carbocycles.